The van der Waals surface area contributed by atoms with Gasteiger partial charge in [0.15, 0.2) is 0 Å². The lowest BCUT2D eigenvalue weighted by molar-refractivity contribution is -0.138. The van der Waals surface area contributed by atoms with Gasteiger partial charge in [0.2, 0.25) is 0 Å². The maximum Gasteiger partial charge on any atom is 0.303 e. The van der Waals surface area contributed by atoms with Gasteiger partial charge in [0.05, 0.1) is 6.10 Å². The van der Waals surface area contributed by atoms with E-state index in [-0.39, 0.29) is 12.8 Å². The maximum atomic E-state index is 10.3. The average Bonchev–Trinajstić information content (AvgIpc) is 2.55. The number of carboxylic acids is 2. The molecule has 0 aliphatic rings. The van der Waals surface area contributed by atoms with Gasteiger partial charge in [-0.25, -0.2) is 0 Å². The Balaban J connectivity index is 3.61. The Labute approximate surface area is 150 Å². The van der Waals surface area contributed by atoms with Gasteiger partial charge >= 0.3 is 11.9 Å². The summed E-state index contributed by atoms with van der Waals surface area (Å²) in [5.74, 6) is -1.55. The van der Waals surface area contributed by atoms with Crippen LogP contribution < -0.4 is 0 Å². The Morgan fingerprint density at radius 1 is 0.760 bits per heavy atom. The zero-order valence-corrected chi connectivity index (χ0v) is 14.7. The van der Waals surface area contributed by atoms with Crippen LogP contribution in [0.2, 0.25) is 0 Å². The molecule has 0 saturated carbocycles. The van der Waals surface area contributed by atoms with Crippen molar-refractivity contribution in [1.29, 1.82) is 0 Å². The lowest BCUT2D eigenvalue weighted by atomic mass is 10.1. The standard InChI is InChI=1S/C20H30O5/c21-18(15-12-13-17-20(24)25)14-10-8-6-4-2-1-3-5-7-9-11-16-19(22)23/h1-2,5-8,10,14,18,21H,3-4,9,11-13,15-17H2,(H,22,23)(H,24,25)/b2-1-,7-5-,8-6-,14-10+/t18-/m1/s1. The van der Waals surface area contributed by atoms with Crippen LogP contribution in [0.4, 0.5) is 0 Å². The molecule has 0 spiro atoms. The first-order valence-corrected chi connectivity index (χ1v) is 8.77. The number of unbranched alkanes of at least 4 members (excludes halogenated alkanes) is 2. The first-order valence-electron chi connectivity index (χ1n) is 8.77. The minimum Gasteiger partial charge on any atom is -0.481 e. The molecule has 0 aliphatic carbocycles. The van der Waals surface area contributed by atoms with Crippen molar-refractivity contribution in [3.8, 4) is 0 Å². The van der Waals surface area contributed by atoms with E-state index in [1.807, 2.05) is 30.4 Å². The van der Waals surface area contributed by atoms with Gasteiger partial charge in [-0.15, -0.1) is 0 Å². The molecule has 0 saturated heterocycles. The van der Waals surface area contributed by atoms with E-state index >= 15 is 0 Å². The summed E-state index contributed by atoms with van der Waals surface area (Å²) in [6, 6.07) is 0. The van der Waals surface area contributed by atoms with Gasteiger partial charge in [0.1, 0.15) is 0 Å². The Morgan fingerprint density at radius 2 is 1.36 bits per heavy atom. The smallest absolute Gasteiger partial charge is 0.303 e. The number of rotatable bonds is 15. The van der Waals surface area contributed by atoms with Crippen molar-refractivity contribution < 1.29 is 24.9 Å². The van der Waals surface area contributed by atoms with Gasteiger partial charge in [-0.2, -0.15) is 0 Å². The quantitative estimate of drug-likeness (QED) is 0.233. The average molecular weight is 350 g/mol. The molecule has 0 rings (SSSR count). The normalized spacial score (nSPS) is 13.5. The maximum absolute atomic E-state index is 10.3. The summed E-state index contributed by atoms with van der Waals surface area (Å²) >= 11 is 0. The van der Waals surface area contributed by atoms with Crippen molar-refractivity contribution in [3.05, 3.63) is 48.6 Å². The lowest BCUT2D eigenvalue weighted by Crippen LogP contribution is -2.02. The van der Waals surface area contributed by atoms with Crippen molar-refractivity contribution in [2.45, 2.75) is 63.9 Å². The van der Waals surface area contributed by atoms with Crippen LogP contribution >= 0.6 is 0 Å². The fourth-order valence-corrected chi connectivity index (χ4v) is 2.01. The monoisotopic (exact) mass is 350 g/mol. The number of hydrogen-bond acceptors (Lipinski definition) is 3. The highest BCUT2D eigenvalue weighted by atomic mass is 16.4. The molecular formula is C20H30O5. The van der Waals surface area contributed by atoms with Gasteiger partial charge in [0, 0.05) is 12.8 Å². The molecule has 0 aromatic carbocycles. The van der Waals surface area contributed by atoms with E-state index in [1.165, 1.54) is 0 Å². The number of allylic oxidation sites excluding steroid dienone is 7. The molecule has 3 N–H and O–H groups in total. The number of hydrogen-bond donors (Lipinski definition) is 3. The highest BCUT2D eigenvalue weighted by Crippen LogP contribution is 2.05. The van der Waals surface area contributed by atoms with E-state index in [0.717, 1.165) is 19.3 Å². The predicted molar refractivity (Wildman–Crippen MR) is 99.4 cm³/mol. The first kappa shape index (κ1) is 22.9. The molecule has 0 fully saturated rings. The number of carbonyl (C=O) groups is 2. The van der Waals surface area contributed by atoms with E-state index in [9.17, 15) is 14.7 Å². The first-order chi connectivity index (χ1) is 12.0. The molecule has 0 unspecified atom stereocenters. The molecule has 5 nitrogen and oxygen atoms in total. The van der Waals surface area contributed by atoms with Gasteiger partial charge in [0.25, 0.3) is 0 Å². The van der Waals surface area contributed by atoms with Crippen molar-refractivity contribution in [1.82, 2.24) is 0 Å². The van der Waals surface area contributed by atoms with Crippen molar-refractivity contribution in [3.63, 3.8) is 0 Å². The van der Waals surface area contributed by atoms with Crippen LogP contribution in [-0.4, -0.2) is 33.4 Å². The minimum atomic E-state index is -0.797. The Morgan fingerprint density at radius 3 is 2.04 bits per heavy atom. The van der Waals surface area contributed by atoms with Crippen LogP contribution in [0.3, 0.4) is 0 Å². The Bertz CT molecular complexity index is 474. The van der Waals surface area contributed by atoms with Crippen LogP contribution in [0.15, 0.2) is 48.6 Å². The highest BCUT2D eigenvalue weighted by Gasteiger charge is 2.00. The number of aliphatic hydroxyl groups excluding tert-OH is 1. The second-order valence-electron chi connectivity index (χ2n) is 5.72. The Kier molecular flexibility index (Phi) is 15.3. The third-order valence-electron chi connectivity index (χ3n) is 3.36. The van der Waals surface area contributed by atoms with Gasteiger partial charge in [-0.05, 0) is 44.9 Å². The number of aliphatic carboxylic acids is 2. The van der Waals surface area contributed by atoms with Crippen molar-refractivity contribution in [2.24, 2.45) is 0 Å². The summed E-state index contributed by atoms with van der Waals surface area (Å²) in [7, 11) is 0. The third kappa shape index (κ3) is 19.8. The molecular weight excluding hydrogens is 320 g/mol. The second kappa shape index (κ2) is 16.7. The zero-order chi connectivity index (χ0) is 18.8. The van der Waals surface area contributed by atoms with Gasteiger partial charge in [-0.1, -0.05) is 48.6 Å². The molecule has 0 aromatic rings. The summed E-state index contributed by atoms with van der Waals surface area (Å²) in [5.41, 5.74) is 0. The SMILES string of the molecule is O=C(O)CCC/C=C\C/C=C\C/C=C\C=C\[C@@H](O)CCCCC(=O)O. The van der Waals surface area contributed by atoms with Crippen molar-refractivity contribution >= 4 is 11.9 Å². The molecule has 0 aliphatic heterocycles. The molecule has 25 heavy (non-hydrogen) atoms. The third-order valence-corrected chi connectivity index (χ3v) is 3.36. The molecule has 0 heterocycles. The van der Waals surface area contributed by atoms with E-state index in [0.29, 0.717) is 25.7 Å². The zero-order valence-electron chi connectivity index (χ0n) is 14.7. The topological polar surface area (TPSA) is 94.8 Å². The van der Waals surface area contributed by atoms with Crippen LogP contribution in [0.5, 0.6) is 0 Å². The lowest BCUT2D eigenvalue weighted by Gasteiger charge is -2.03. The van der Waals surface area contributed by atoms with E-state index in [4.69, 9.17) is 10.2 Å². The molecule has 0 amide bonds. The van der Waals surface area contributed by atoms with E-state index in [1.54, 1.807) is 12.2 Å². The van der Waals surface area contributed by atoms with Gasteiger partial charge in [-0.3, -0.25) is 9.59 Å². The number of aliphatic hydroxyl groups is 1. The highest BCUT2D eigenvalue weighted by molar-refractivity contribution is 5.66. The van der Waals surface area contributed by atoms with E-state index < -0.39 is 18.0 Å². The Hall–Kier alpha value is -2.14. The summed E-state index contributed by atoms with van der Waals surface area (Å²) in [5, 5.41) is 26.7. The van der Waals surface area contributed by atoms with Crippen LogP contribution in [0.1, 0.15) is 57.8 Å². The van der Waals surface area contributed by atoms with E-state index in [2.05, 4.69) is 6.08 Å². The summed E-state index contributed by atoms with van der Waals surface area (Å²) in [6.07, 6.45) is 20.4. The molecule has 5 heteroatoms. The van der Waals surface area contributed by atoms with Gasteiger partial charge < -0.3 is 15.3 Å². The molecule has 0 bridgehead atoms. The number of carboxylic acid groups (broad SMARTS) is 2. The predicted octanol–water partition coefficient (Wildman–Crippen LogP) is 4.25. The van der Waals surface area contributed by atoms with Crippen molar-refractivity contribution in [2.75, 3.05) is 0 Å². The molecule has 140 valence electrons. The molecule has 0 radical (unpaired) electrons. The second-order valence-corrected chi connectivity index (χ2v) is 5.72. The summed E-state index contributed by atoms with van der Waals surface area (Å²) in [4.78, 5) is 20.7. The van der Waals surface area contributed by atoms with Crippen LogP contribution in [0.25, 0.3) is 0 Å². The molecule has 1 atom stereocenters. The van der Waals surface area contributed by atoms with Crippen LogP contribution in [0, 0.1) is 0 Å². The minimum absolute atomic E-state index is 0.153. The summed E-state index contributed by atoms with van der Waals surface area (Å²) in [6.45, 7) is 0. The largest absolute Gasteiger partial charge is 0.481 e. The fraction of sp³-hybridized carbons (Fsp3) is 0.500. The summed E-state index contributed by atoms with van der Waals surface area (Å²) < 4.78 is 0. The molecule has 0 aromatic heterocycles. The fourth-order valence-electron chi connectivity index (χ4n) is 2.01. The van der Waals surface area contributed by atoms with Crippen LogP contribution in [-0.2, 0) is 9.59 Å².